The number of rotatable bonds is 7. The van der Waals surface area contributed by atoms with Gasteiger partial charge >= 0.3 is 0 Å². The van der Waals surface area contributed by atoms with Crippen LogP contribution < -0.4 is 19.5 Å². The predicted octanol–water partition coefficient (Wildman–Crippen LogP) is 0.581. The summed E-state index contributed by atoms with van der Waals surface area (Å²) in [6, 6.07) is 4.66. The van der Waals surface area contributed by atoms with E-state index in [0.717, 1.165) is 6.54 Å². The first-order chi connectivity index (χ1) is 12.3. The highest BCUT2D eigenvalue weighted by Crippen LogP contribution is 2.29. The summed E-state index contributed by atoms with van der Waals surface area (Å²) in [4.78, 5) is 14.2. The lowest BCUT2D eigenvalue weighted by Crippen LogP contribution is -2.57. The van der Waals surface area contributed by atoms with E-state index in [1.807, 2.05) is 13.8 Å². The molecule has 146 valence electrons. The molecule has 2 unspecified atom stereocenters. The number of methoxy groups -OCH3 is 2. The smallest absolute Gasteiger partial charge is 0.240 e. The molecular formula is C17H27N3O5S. The van der Waals surface area contributed by atoms with Gasteiger partial charge in [-0.25, -0.2) is 13.1 Å². The first-order valence-electron chi connectivity index (χ1n) is 8.54. The van der Waals surface area contributed by atoms with Crippen molar-refractivity contribution in [3.05, 3.63) is 18.2 Å². The van der Waals surface area contributed by atoms with E-state index in [1.54, 1.807) is 4.90 Å². The van der Waals surface area contributed by atoms with Crippen LogP contribution in [0.25, 0.3) is 0 Å². The maximum Gasteiger partial charge on any atom is 0.240 e. The van der Waals surface area contributed by atoms with E-state index in [4.69, 9.17) is 9.47 Å². The van der Waals surface area contributed by atoms with E-state index >= 15 is 0 Å². The van der Waals surface area contributed by atoms with Gasteiger partial charge in [0.15, 0.2) is 11.5 Å². The fourth-order valence-electron chi connectivity index (χ4n) is 2.91. The summed E-state index contributed by atoms with van der Waals surface area (Å²) in [6.07, 6.45) is 0.115. The molecule has 0 spiro atoms. The van der Waals surface area contributed by atoms with Crippen molar-refractivity contribution < 1.29 is 22.7 Å². The van der Waals surface area contributed by atoms with Crippen LogP contribution in [0.4, 0.5) is 0 Å². The van der Waals surface area contributed by atoms with Crippen molar-refractivity contribution in [3.8, 4) is 11.5 Å². The number of benzene rings is 1. The fraction of sp³-hybridized carbons (Fsp3) is 0.588. The van der Waals surface area contributed by atoms with Crippen molar-refractivity contribution in [2.45, 2.75) is 37.2 Å². The molecule has 1 saturated heterocycles. The van der Waals surface area contributed by atoms with Crippen LogP contribution in [0.2, 0.25) is 0 Å². The zero-order valence-corrected chi connectivity index (χ0v) is 16.4. The topological polar surface area (TPSA) is 97.0 Å². The van der Waals surface area contributed by atoms with E-state index in [0.29, 0.717) is 18.0 Å². The minimum atomic E-state index is -3.74. The van der Waals surface area contributed by atoms with Crippen molar-refractivity contribution in [1.29, 1.82) is 0 Å². The number of sulfonamides is 1. The molecule has 1 aromatic rings. The molecule has 1 fully saturated rings. The van der Waals surface area contributed by atoms with Crippen LogP contribution in [0.1, 0.15) is 20.3 Å². The molecule has 0 bridgehead atoms. The van der Waals surface area contributed by atoms with Crippen molar-refractivity contribution >= 4 is 15.9 Å². The molecule has 1 aliphatic heterocycles. The van der Waals surface area contributed by atoms with Crippen LogP contribution in [-0.2, 0) is 14.8 Å². The minimum absolute atomic E-state index is 0.0422. The molecule has 0 saturated carbocycles. The quantitative estimate of drug-likeness (QED) is 0.713. The Bertz CT molecular complexity index is 738. The Hall–Kier alpha value is -1.84. The molecule has 2 rings (SSSR count). The standard InChI is InChI=1S/C17H27N3O5S/c1-12-13(2)20(10-9-18-12)17(21)7-8-19-26(22,23)14-5-6-15(24-3)16(11-14)25-4/h5-6,11-13,18-19H,7-10H2,1-4H3. The highest BCUT2D eigenvalue weighted by atomic mass is 32.2. The normalized spacial score (nSPS) is 20.7. The zero-order valence-electron chi connectivity index (χ0n) is 15.6. The van der Waals surface area contributed by atoms with Gasteiger partial charge in [0, 0.05) is 44.2 Å². The summed E-state index contributed by atoms with van der Waals surface area (Å²) < 4.78 is 37.6. The molecule has 1 heterocycles. The summed E-state index contributed by atoms with van der Waals surface area (Å²) in [5, 5.41) is 3.31. The van der Waals surface area contributed by atoms with E-state index in [2.05, 4.69) is 10.0 Å². The van der Waals surface area contributed by atoms with Gasteiger partial charge in [0.1, 0.15) is 0 Å². The number of hydrogen-bond donors (Lipinski definition) is 2. The second-order valence-electron chi connectivity index (χ2n) is 6.24. The Labute approximate surface area is 154 Å². The van der Waals surface area contributed by atoms with Crippen LogP contribution >= 0.6 is 0 Å². The van der Waals surface area contributed by atoms with Crippen molar-refractivity contribution in [2.75, 3.05) is 33.9 Å². The summed E-state index contributed by atoms with van der Waals surface area (Å²) in [7, 11) is -0.817. The van der Waals surface area contributed by atoms with Gasteiger partial charge in [0.2, 0.25) is 15.9 Å². The molecule has 2 atom stereocenters. The number of nitrogens with one attached hydrogen (secondary N) is 2. The van der Waals surface area contributed by atoms with Crippen LogP contribution in [0.15, 0.2) is 23.1 Å². The third-order valence-corrected chi connectivity index (χ3v) is 6.11. The monoisotopic (exact) mass is 385 g/mol. The number of amides is 1. The van der Waals surface area contributed by atoms with Gasteiger partial charge in [-0.3, -0.25) is 4.79 Å². The third kappa shape index (κ3) is 4.66. The molecule has 1 aromatic carbocycles. The zero-order chi connectivity index (χ0) is 19.3. The molecular weight excluding hydrogens is 358 g/mol. The highest BCUT2D eigenvalue weighted by molar-refractivity contribution is 7.89. The second-order valence-corrected chi connectivity index (χ2v) is 8.00. The van der Waals surface area contributed by atoms with Crippen LogP contribution in [-0.4, -0.2) is 65.2 Å². The summed E-state index contributed by atoms with van der Waals surface area (Å²) >= 11 is 0. The van der Waals surface area contributed by atoms with Crippen molar-refractivity contribution in [1.82, 2.24) is 14.9 Å². The van der Waals surface area contributed by atoms with Gasteiger partial charge in [-0.05, 0) is 26.0 Å². The maximum absolute atomic E-state index is 12.4. The van der Waals surface area contributed by atoms with Gasteiger partial charge in [0.25, 0.3) is 0 Å². The molecule has 0 radical (unpaired) electrons. The number of ether oxygens (including phenoxy) is 2. The van der Waals surface area contributed by atoms with Crippen LogP contribution in [0.5, 0.6) is 11.5 Å². The first-order valence-corrected chi connectivity index (χ1v) is 10.0. The number of carbonyl (C=O) groups excluding carboxylic acids is 1. The van der Waals surface area contributed by atoms with Gasteiger partial charge in [-0.1, -0.05) is 0 Å². The lowest BCUT2D eigenvalue weighted by molar-refractivity contribution is -0.134. The number of piperazine rings is 1. The van der Waals surface area contributed by atoms with Crippen LogP contribution in [0.3, 0.4) is 0 Å². The molecule has 9 heteroatoms. The van der Waals surface area contributed by atoms with E-state index in [1.165, 1.54) is 32.4 Å². The van der Waals surface area contributed by atoms with E-state index < -0.39 is 10.0 Å². The number of carbonyl (C=O) groups is 1. The van der Waals surface area contributed by atoms with E-state index in [9.17, 15) is 13.2 Å². The Morgan fingerprint density at radius 3 is 2.62 bits per heavy atom. The SMILES string of the molecule is COc1ccc(S(=O)(=O)NCCC(=O)N2CCNC(C)C2C)cc1OC. The van der Waals surface area contributed by atoms with E-state index in [-0.39, 0.29) is 35.9 Å². The Balaban J connectivity index is 1.97. The highest BCUT2D eigenvalue weighted by Gasteiger charge is 2.28. The molecule has 0 aliphatic carbocycles. The van der Waals surface area contributed by atoms with Crippen molar-refractivity contribution in [3.63, 3.8) is 0 Å². The summed E-state index contributed by atoms with van der Waals surface area (Å²) in [5.74, 6) is 0.722. The Morgan fingerprint density at radius 2 is 1.96 bits per heavy atom. The average molecular weight is 385 g/mol. The predicted molar refractivity (Wildman–Crippen MR) is 98.0 cm³/mol. The minimum Gasteiger partial charge on any atom is -0.493 e. The average Bonchev–Trinajstić information content (AvgIpc) is 2.63. The lowest BCUT2D eigenvalue weighted by Gasteiger charge is -2.38. The third-order valence-electron chi connectivity index (χ3n) is 4.65. The Morgan fingerprint density at radius 1 is 1.27 bits per heavy atom. The van der Waals surface area contributed by atoms with Gasteiger partial charge < -0.3 is 19.7 Å². The molecule has 2 N–H and O–H groups in total. The molecule has 8 nitrogen and oxygen atoms in total. The maximum atomic E-state index is 12.4. The molecule has 0 aromatic heterocycles. The van der Waals surface area contributed by atoms with Gasteiger partial charge in [0.05, 0.1) is 19.1 Å². The fourth-order valence-corrected chi connectivity index (χ4v) is 3.96. The van der Waals surface area contributed by atoms with Crippen LogP contribution in [0, 0.1) is 0 Å². The molecule has 1 aliphatic rings. The largest absolute Gasteiger partial charge is 0.493 e. The summed E-state index contributed by atoms with van der Waals surface area (Å²) in [5.41, 5.74) is 0. The number of nitrogens with zero attached hydrogens (tertiary/aromatic N) is 1. The lowest BCUT2D eigenvalue weighted by atomic mass is 10.1. The molecule has 1 amide bonds. The summed E-state index contributed by atoms with van der Waals surface area (Å²) in [6.45, 7) is 5.44. The number of hydrogen-bond acceptors (Lipinski definition) is 6. The van der Waals surface area contributed by atoms with Crippen molar-refractivity contribution in [2.24, 2.45) is 0 Å². The van der Waals surface area contributed by atoms with Gasteiger partial charge in [-0.2, -0.15) is 0 Å². The first kappa shape index (κ1) is 20.5. The Kier molecular flexibility index (Phi) is 6.85. The second kappa shape index (κ2) is 8.70. The molecule has 26 heavy (non-hydrogen) atoms. The van der Waals surface area contributed by atoms with Gasteiger partial charge in [-0.15, -0.1) is 0 Å².